The molecular weight excluding hydrogens is 179 g/mol. The Morgan fingerprint density at radius 2 is 2.08 bits per heavy atom. The van der Waals surface area contributed by atoms with Gasteiger partial charge in [-0.1, -0.05) is 12.1 Å². The number of phosphoric ester groups is 1. The first-order chi connectivity index (χ1) is 5.47. The molecule has 0 N–H and O–H groups in total. The molecule has 5 heteroatoms. The molecule has 0 aliphatic carbocycles. The molecule has 0 saturated heterocycles. The second-order valence-corrected chi connectivity index (χ2v) is 3.43. The first-order valence-electron chi connectivity index (χ1n) is 3.26. The number of aryl methyl sites for hydroxylation is 1. The summed E-state index contributed by atoms with van der Waals surface area (Å²) >= 11 is 0. The quantitative estimate of drug-likeness (QED) is 0.618. The lowest BCUT2D eigenvalue weighted by atomic mass is 10.2. The van der Waals surface area contributed by atoms with Crippen molar-refractivity contribution in [3.05, 3.63) is 29.8 Å². The average Bonchev–Trinajstić information content (AvgIpc) is 1.82. The highest BCUT2D eigenvalue weighted by Crippen LogP contribution is 2.28. The summed E-state index contributed by atoms with van der Waals surface area (Å²) < 4.78 is 14.3. The van der Waals surface area contributed by atoms with Crippen LogP contribution in [0.25, 0.3) is 0 Å². The van der Waals surface area contributed by atoms with Gasteiger partial charge in [-0.3, -0.25) is 0 Å². The van der Waals surface area contributed by atoms with Gasteiger partial charge >= 0.3 is 0 Å². The van der Waals surface area contributed by atoms with Crippen molar-refractivity contribution in [3.8, 4) is 5.75 Å². The fourth-order valence-electron chi connectivity index (χ4n) is 0.801. The van der Waals surface area contributed by atoms with Gasteiger partial charge in [0.05, 0.1) is 0 Å². The van der Waals surface area contributed by atoms with Gasteiger partial charge in [-0.2, -0.15) is 0 Å². The van der Waals surface area contributed by atoms with Gasteiger partial charge in [-0.05, 0) is 24.6 Å². The molecule has 0 saturated carbocycles. The summed E-state index contributed by atoms with van der Waals surface area (Å²) in [5.74, 6) is 0.0586. The summed E-state index contributed by atoms with van der Waals surface area (Å²) in [6.45, 7) is 1.77. The van der Waals surface area contributed by atoms with Crippen LogP contribution in [0.4, 0.5) is 0 Å². The smallest absolute Gasteiger partial charge is 0.124 e. The van der Waals surface area contributed by atoms with Crippen LogP contribution in [0.5, 0.6) is 5.75 Å². The summed E-state index contributed by atoms with van der Waals surface area (Å²) in [5, 5.41) is 0. The SMILES string of the molecule is Cc1cccc(OP(=O)([O-])[O-])c1. The molecule has 0 aliphatic rings. The van der Waals surface area contributed by atoms with Crippen LogP contribution >= 0.6 is 7.82 Å². The zero-order valence-electron chi connectivity index (χ0n) is 6.39. The van der Waals surface area contributed by atoms with E-state index in [1.165, 1.54) is 12.1 Å². The molecule has 0 aromatic heterocycles. The van der Waals surface area contributed by atoms with E-state index < -0.39 is 7.82 Å². The van der Waals surface area contributed by atoms with Gasteiger partial charge in [-0.25, -0.2) is 0 Å². The van der Waals surface area contributed by atoms with Gasteiger partial charge in [0.2, 0.25) is 0 Å². The van der Waals surface area contributed by atoms with Crippen LogP contribution in [0, 0.1) is 6.92 Å². The number of benzene rings is 1. The van der Waals surface area contributed by atoms with Crippen molar-refractivity contribution < 1.29 is 18.9 Å². The molecule has 0 atom stereocenters. The topological polar surface area (TPSA) is 72.4 Å². The Balaban J connectivity index is 2.84. The lowest BCUT2D eigenvalue weighted by Gasteiger charge is -2.29. The second kappa shape index (κ2) is 3.27. The van der Waals surface area contributed by atoms with E-state index in [0.29, 0.717) is 0 Å². The van der Waals surface area contributed by atoms with Crippen LogP contribution in [-0.2, 0) is 4.57 Å². The fraction of sp³-hybridized carbons (Fsp3) is 0.143. The van der Waals surface area contributed by atoms with Gasteiger partial charge in [0, 0.05) is 0 Å². The number of phosphoric acid groups is 1. The first-order valence-corrected chi connectivity index (χ1v) is 4.72. The largest absolute Gasteiger partial charge is 0.780 e. The predicted octanol–water partition coefficient (Wildman–Crippen LogP) is 0.203. The van der Waals surface area contributed by atoms with Crippen molar-refractivity contribution in [2.24, 2.45) is 0 Å². The molecule has 0 unspecified atom stereocenters. The van der Waals surface area contributed by atoms with Gasteiger partial charge in [-0.15, -0.1) is 0 Å². The monoisotopic (exact) mass is 186 g/mol. The highest BCUT2D eigenvalue weighted by molar-refractivity contribution is 7.43. The molecule has 4 nitrogen and oxygen atoms in total. The number of hydrogen-bond donors (Lipinski definition) is 0. The van der Waals surface area contributed by atoms with Gasteiger partial charge in [0.15, 0.2) is 0 Å². The highest BCUT2D eigenvalue weighted by Gasteiger charge is 1.95. The third-order valence-electron chi connectivity index (χ3n) is 1.21. The van der Waals surface area contributed by atoms with Gasteiger partial charge in [0.25, 0.3) is 0 Å². The molecule has 0 fully saturated rings. The fourth-order valence-corrected chi connectivity index (χ4v) is 1.17. The predicted molar refractivity (Wildman–Crippen MR) is 39.4 cm³/mol. The Morgan fingerprint density at radius 1 is 1.42 bits per heavy atom. The zero-order valence-corrected chi connectivity index (χ0v) is 7.28. The normalized spacial score (nSPS) is 11.2. The summed E-state index contributed by atoms with van der Waals surface area (Å²) in [7, 11) is -4.91. The minimum Gasteiger partial charge on any atom is -0.780 e. The van der Waals surface area contributed by atoms with Crippen molar-refractivity contribution in [3.63, 3.8) is 0 Å². The maximum Gasteiger partial charge on any atom is 0.124 e. The van der Waals surface area contributed by atoms with Crippen molar-refractivity contribution in [2.75, 3.05) is 0 Å². The third kappa shape index (κ3) is 3.05. The summed E-state index contributed by atoms with van der Waals surface area (Å²) in [4.78, 5) is 20.3. The van der Waals surface area contributed by atoms with Crippen LogP contribution in [0.2, 0.25) is 0 Å². The zero-order chi connectivity index (χ0) is 9.19. The summed E-state index contributed by atoms with van der Waals surface area (Å²) in [6, 6.07) is 6.27. The summed E-state index contributed by atoms with van der Waals surface area (Å²) in [6.07, 6.45) is 0. The molecule has 66 valence electrons. The van der Waals surface area contributed by atoms with E-state index in [9.17, 15) is 14.4 Å². The Kier molecular flexibility index (Phi) is 2.52. The van der Waals surface area contributed by atoms with Crippen molar-refractivity contribution in [1.29, 1.82) is 0 Å². The van der Waals surface area contributed by atoms with Crippen LogP contribution < -0.4 is 14.3 Å². The first kappa shape index (κ1) is 9.26. The van der Waals surface area contributed by atoms with Gasteiger partial charge < -0.3 is 18.9 Å². The minimum atomic E-state index is -4.91. The van der Waals surface area contributed by atoms with E-state index in [-0.39, 0.29) is 5.75 Å². The van der Waals surface area contributed by atoms with Crippen LogP contribution in [0.3, 0.4) is 0 Å². The lowest BCUT2D eigenvalue weighted by molar-refractivity contribution is -0.333. The van der Waals surface area contributed by atoms with E-state index in [1.807, 2.05) is 0 Å². The maximum atomic E-state index is 10.2. The molecule has 12 heavy (non-hydrogen) atoms. The average molecular weight is 186 g/mol. The Bertz CT molecular complexity index is 317. The molecule has 0 radical (unpaired) electrons. The number of rotatable bonds is 2. The summed E-state index contributed by atoms with van der Waals surface area (Å²) in [5.41, 5.74) is 0.834. The van der Waals surface area contributed by atoms with E-state index in [2.05, 4.69) is 4.52 Å². The maximum absolute atomic E-state index is 10.2. The van der Waals surface area contributed by atoms with E-state index >= 15 is 0 Å². The standard InChI is InChI=1S/C7H9O4P/c1-6-3-2-4-7(5-6)11-12(8,9)10/h2-5H,1H3,(H2,8,9,10)/p-2. The van der Waals surface area contributed by atoms with Crippen LogP contribution in [0.1, 0.15) is 5.56 Å². The van der Waals surface area contributed by atoms with Crippen molar-refractivity contribution in [2.45, 2.75) is 6.92 Å². The molecule has 0 spiro atoms. The molecule has 0 bridgehead atoms. The Labute approximate surface area is 70.0 Å². The Hall–Kier alpha value is -0.830. The molecule has 0 aliphatic heterocycles. The molecule has 1 aromatic carbocycles. The van der Waals surface area contributed by atoms with E-state index in [4.69, 9.17) is 0 Å². The van der Waals surface area contributed by atoms with E-state index in [0.717, 1.165) is 5.56 Å². The van der Waals surface area contributed by atoms with Crippen LogP contribution in [0.15, 0.2) is 24.3 Å². The lowest BCUT2D eigenvalue weighted by Crippen LogP contribution is -2.18. The second-order valence-electron chi connectivity index (χ2n) is 2.36. The van der Waals surface area contributed by atoms with Crippen LogP contribution in [-0.4, -0.2) is 0 Å². The Morgan fingerprint density at radius 3 is 2.58 bits per heavy atom. The molecule has 1 aromatic rings. The molecule has 0 amide bonds. The van der Waals surface area contributed by atoms with E-state index in [1.54, 1.807) is 19.1 Å². The minimum absolute atomic E-state index is 0.0586. The highest BCUT2D eigenvalue weighted by atomic mass is 31.2. The van der Waals surface area contributed by atoms with Gasteiger partial charge in [0.1, 0.15) is 13.6 Å². The van der Waals surface area contributed by atoms with Crippen molar-refractivity contribution in [1.82, 2.24) is 0 Å². The van der Waals surface area contributed by atoms with Crippen molar-refractivity contribution >= 4 is 7.82 Å². The molecule has 1 rings (SSSR count). The number of hydrogen-bond acceptors (Lipinski definition) is 4. The molecule has 0 heterocycles. The third-order valence-corrected chi connectivity index (χ3v) is 1.64. The molecular formula is C7H7O4P-2.